The van der Waals surface area contributed by atoms with E-state index in [1.165, 1.54) is 28.9 Å². The van der Waals surface area contributed by atoms with E-state index in [0.29, 0.717) is 17.6 Å². The van der Waals surface area contributed by atoms with Gasteiger partial charge in [-0.3, -0.25) is 18.7 Å². The normalized spacial score (nSPS) is 11.1. The molecule has 8 heteroatoms. The van der Waals surface area contributed by atoms with Crippen LogP contribution in [0.2, 0.25) is 0 Å². The monoisotopic (exact) mass is 440 g/mol. The number of carbonyl (C=O) groups excluding carboxylic acids is 1. The highest BCUT2D eigenvalue weighted by Crippen LogP contribution is 2.29. The Balaban J connectivity index is 1.82. The van der Waals surface area contributed by atoms with E-state index in [1.54, 1.807) is 13.2 Å². The molecule has 0 aliphatic heterocycles. The van der Waals surface area contributed by atoms with Crippen LogP contribution in [0.4, 0.5) is 0 Å². The maximum atomic E-state index is 12.9. The van der Waals surface area contributed by atoms with Crippen LogP contribution in [0.25, 0.3) is 11.0 Å². The maximum absolute atomic E-state index is 12.9. The van der Waals surface area contributed by atoms with Crippen LogP contribution in [0.15, 0.2) is 51.0 Å². The number of carbonyl (C=O) groups is 1. The van der Waals surface area contributed by atoms with Crippen LogP contribution in [0.1, 0.15) is 30.9 Å². The number of benzene rings is 1. The van der Waals surface area contributed by atoms with Crippen LogP contribution in [0.3, 0.4) is 0 Å². The fraction of sp³-hybridized carbons (Fsp3) is 0.391. The van der Waals surface area contributed by atoms with Crippen molar-refractivity contribution in [2.45, 2.75) is 37.5 Å². The summed E-state index contributed by atoms with van der Waals surface area (Å²) in [5.41, 5.74) is 1.66. The molecular formula is C23H28N4O3S. The van der Waals surface area contributed by atoms with Crippen molar-refractivity contribution in [2.24, 2.45) is 14.1 Å². The molecule has 2 heterocycles. The summed E-state index contributed by atoms with van der Waals surface area (Å²) in [4.78, 5) is 42.8. The van der Waals surface area contributed by atoms with Crippen LogP contribution in [0, 0.1) is 0 Å². The number of rotatable bonds is 9. The Bertz CT molecular complexity index is 1190. The highest BCUT2D eigenvalue weighted by Gasteiger charge is 2.18. The van der Waals surface area contributed by atoms with E-state index in [4.69, 9.17) is 0 Å². The zero-order valence-electron chi connectivity index (χ0n) is 18.2. The molecule has 0 saturated carbocycles. The second kappa shape index (κ2) is 10.4. The van der Waals surface area contributed by atoms with E-state index in [-0.39, 0.29) is 17.2 Å². The van der Waals surface area contributed by atoms with Gasteiger partial charge in [-0.15, -0.1) is 11.8 Å². The lowest BCUT2D eigenvalue weighted by molar-refractivity contribution is -0.118. The standard InChI is InChI=1S/C23H28N4O3S/c1-4-5-11-17-14-25-21-19(22(29)27(3)23(30)26(21)2)20(17)31-15-18(28)24-13-12-16-9-7-6-8-10-16/h6-10,14H,4-5,11-13,15H2,1-3H3,(H,24,28). The number of nitrogens with zero attached hydrogens (tertiary/aromatic N) is 3. The molecule has 0 radical (unpaired) electrons. The van der Waals surface area contributed by atoms with Crippen molar-refractivity contribution in [1.82, 2.24) is 19.4 Å². The van der Waals surface area contributed by atoms with Crippen molar-refractivity contribution < 1.29 is 4.79 Å². The van der Waals surface area contributed by atoms with Crippen molar-refractivity contribution in [3.8, 4) is 0 Å². The van der Waals surface area contributed by atoms with Gasteiger partial charge in [-0.1, -0.05) is 43.7 Å². The SMILES string of the molecule is CCCCc1cnc2c(c1SCC(=O)NCCc1ccccc1)c(=O)n(C)c(=O)n2C. The predicted octanol–water partition coefficient (Wildman–Crippen LogP) is 2.43. The Labute approximate surface area is 185 Å². The summed E-state index contributed by atoms with van der Waals surface area (Å²) >= 11 is 1.34. The molecule has 0 aliphatic carbocycles. The third-order valence-corrected chi connectivity index (χ3v) is 6.38. The smallest absolute Gasteiger partial charge is 0.332 e. The van der Waals surface area contributed by atoms with E-state index >= 15 is 0 Å². The minimum absolute atomic E-state index is 0.0889. The topological polar surface area (TPSA) is 86.0 Å². The lowest BCUT2D eigenvalue weighted by atomic mass is 10.1. The van der Waals surface area contributed by atoms with Crippen molar-refractivity contribution in [2.75, 3.05) is 12.3 Å². The van der Waals surface area contributed by atoms with E-state index in [1.807, 2.05) is 30.3 Å². The molecule has 0 unspecified atom stereocenters. The summed E-state index contributed by atoms with van der Waals surface area (Å²) in [6, 6.07) is 9.99. The number of amides is 1. The van der Waals surface area contributed by atoms with E-state index in [0.717, 1.165) is 40.7 Å². The highest BCUT2D eigenvalue weighted by atomic mass is 32.2. The largest absolute Gasteiger partial charge is 0.355 e. The number of unbranched alkanes of at least 4 members (excludes halogenated alkanes) is 1. The average molecular weight is 441 g/mol. The Kier molecular flexibility index (Phi) is 7.68. The molecule has 164 valence electrons. The third-order valence-electron chi connectivity index (χ3n) is 5.22. The molecule has 7 nitrogen and oxygen atoms in total. The number of hydrogen-bond donors (Lipinski definition) is 1. The number of nitrogens with one attached hydrogen (secondary N) is 1. The summed E-state index contributed by atoms with van der Waals surface area (Å²) in [5.74, 6) is 0.105. The number of hydrogen-bond acceptors (Lipinski definition) is 5. The molecule has 3 rings (SSSR count). The molecule has 1 aromatic carbocycles. The number of thioether (sulfide) groups is 1. The van der Waals surface area contributed by atoms with Crippen LogP contribution >= 0.6 is 11.8 Å². The predicted molar refractivity (Wildman–Crippen MR) is 125 cm³/mol. The van der Waals surface area contributed by atoms with Gasteiger partial charge < -0.3 is 5.32 Å². The Hall–Kier alpha value is -2.87. The zero-order valence-corrected chi connectivity index (χ0v) is 19.0. The van der Waals surface area contributed by atoms with Gasteiger partial charge >= 0.3 is 5.69 Å². The first-order valence-electron chi connectivity index (χ1n) is 10.4. The minimum Gasteiger partial charge on any atom is -0.355 e. The van der Waals surface area contributed by atoms with Gasteiger partial charge in [0.15, 0.2) is 0 Å². The van der Waals surface area contributed by atoms with Crippen molar-refractivity contribution in [1.29, 1.82) is 0 Å². The maximum Gasteiger partial charge on any atom is 0.332 e. The molecular weight excluding hydrogens is 412 g/mol. The lowest BCUT2D eigenvalue weighted by Crippen LogP contribution is -2.37. The van der Waals surface area contributed by atoms with Gasteiger partial charge in [-0.05, 0) is 30.4 Å². The van der Waals surface area contributed by atoms with Gasteiger partial charge in [-0.2, -0.15) is 0 Å². The van der Waals surface area contributed by atoms with Gasteiger partial charge in [-0.25, -0.2) is 9.78 Å². The van der Waals surface area contributed by atoms with E-state index in [9.17, 15) is 14.4 Å². The Morgan fingerprint density at radius 2 is 1.84 bits per heavy atom. The van der Waals surface area contributed by atoms with E-state index < -0.39 is 5.69 Å². The number of aryl methyl sites for hydroxylation is 2. The van der Waals surface area contributed by atoms with Crippen LogP contribution < -0.4 is 16.6 Å². The minimum atomic E-state index is -0.416. The quantitative estimate of drug-likeness (QED) is 0.517. The first kappa shape index (κ1) is 22.8. The van der Waals surface area contributed by atoms with Crippen LogP contribution in [-0.2, 0) is 31.7 Å². The molecule has 0 spiro atoms. The average Bonchev–Trinajstić information content (AvgIpc) is 2.79. The Morgan fingerprint density at radius 3 is 2.55 bits per heavy atom. The summed E-state index contributed by atoms with van der Waals surface area (Å²) in [7, 11) is 3.07. The summed E-state index contributed by atoms with van der Waals surface area (Å²) in [6.07, 6.45) is 5.22. The molecule has 3 aromatic rings. The lowest BCUT2D eigenvalue weighted by Gasteiger charge is -2.14. The molecule has 0 atom stereocenters. The number of pyridine rings is 1. The summed E-state index contributed by atoms with van der Waals surface area (Å²) in [5, 5.41) is 3.35. The molecule has 0 aliphatic rings. The summed E-state index contributed by atoms with van der Waals surface area (Å²) in [6.45, 7) is 2.66. The molecule has 2 aromatic heterocycles. The first-order valence-corrected chi connectivity index (χ1v) is 11.4. The third kappa shape index (κ3) is 5.25. The fourth-order valence-electron chi connectivity index (χ4n) is 3.43. The Morgan fingerprint density at radius 1 is 1.10 bits per heavy atom. The number of aromatic nitrogens is 3. The molecule has 1 amide bonds. The van der Waals surface area contributed by atoms with E-state index in [2.05, 4.69) is 17.2 Å². The molecule has 31 heavy (non-hydrogen) atoms. The second-order valence-corrected chi connectivity index (χ2v) is 8.48. The van der Waals surface area contributed by atoms with Crippen molar-refractivity contribution in [3.63, 3.8) is 0 Å². The number of fused-ring (bicyclic) bond motifs is 1. The molecule has 1 N–H and O–H groups in total. The van der Waals surface area contributed by atoms with Gasteiger partial charge in [0, 0.05) is 31.7 Å². The van der Waals surface area contributed by atoms with Crippen molar-refractivity contribution in [3.05, 3.63) is 68.5 Å². The van der Waals surface area contributed by atoms with Crippen molar-refractivity contribution >= 4 is 28.7 Å². The van der Waals surface area contributed by atoms with Gasteiger partial charge in [0.05, 0.1) is 11.1 Å². The molecule has 0 fully saturated rings. The zero-order chi connectivity index (χ0) is 22.4. The highest BCUT2D eigenvalue weighted by molar-refractivity contribution is 8.00. The molecule has 0 bridgehead atoms. The summed E-state index contributed by atoms with van der Waals surface area (Å²) < 4.78 is 2.47. The van der Waals surface area contributed by atoms with Gasteiger partial charge in [0.2, 0.25) is 5.91 Å². The molecule has 0 saturated heterocycles. The van der Waals surface area contributed by atoms with Crippen LogP contribution in [-0.4, -0.2) is 32.3 Å². The fourth-order valence-corrected chi connectivity index (χ4v) is 4.47. The van der Waals surface area contributed by atoms with Gasteiger partial charge in [0.25, 0.3) is 5.56 Å². The first-order chi connectivity index (χ1) is 14.9. The van der Waals surface area contributed by atoms with Crippen LogP contribution in [0.5, 0.6) is 0 Å². The second-order valence-electron chi connectivity index (χ2n) is 7.49. The van der Waals surface area contributed by atoms with Gasteiger partial charge in [0.1, 0.15) is 5.65 Å².